The third-order valence-electron chi connectivity index (χ3n) is 14.1. The Hall–Kier alpha value is -5.77. The predicted molar refractivity (Wildman–Crippen MR) is 254 cm³/mol. The SMILES string of the molecule is Cc1cc(C)c(N2C(c3[c-]c(-n4c5[c-]c(-n6c7ccc(C(C)C)cc7c7cccnc76)ccc5c5cc(C)ccc54)c(C)cc3)=N[C@]3(C)c4ccc(C)cc4C[C@]23C)c(C)c1.[Pt+2]. The number of fused-ring (bicyclic) bond motifs is 9. The second-order valence-electron chi connectivity index (χ2n) is 18.7. The van der Waals surface area contributed by atoms with Crippen LogP contribution in [-0.4, -0.2) is 25.5 Å². The van der Waals surface area contributed by atoms with E-state index in [0.29, 0.717) is 5.92 Å². The molecule has 6 heteroatoms. The van der Waals surface area contributed by atoms with Gasteiger partial charge in [-0.15, -0.1) is 46.8 Å². The number of hydrogen-bond donors (Lipinski definition) is 0. The van der Waals surface area contributed by atoms with E-state index in [1.165, 1.54) is 61.0 Å². The number of aromatic nitrogens is 3. The predicted octanol–water partition coefficient (Wildman–Crippen LogP) is 13.3. The summed E-state index contributed by atoms with van der Waals surface area (Å²) in [7, 11) is 0. The fourth-order valence-corrected chi connectivity index (χ4v) is 11.0. The zero-order valence-corrected chi connectivity index (χ0v) is 39.5. The average Bonchev–Trinajstić information content (AvgIpc) is 3.86. The minimum Gasteiger partial charge on any atom is -0.357 e. The first kappa shape index (κ1) is 40.3. The van der Waals surface area contributed by atoms with Gasteiger partial charge in [0.15, 0.2) is 0 Å². The van der Waals surface area contributed by atoms with Gasteiger partial charge in [0, 0.05) is 28.2 Å². The van der Waals surface area contributed by atoms with Crippen molar-refractivity contribution in [1.82, 2.24) is 14.1 Å². The van der Waals surface area contributed by atoms with Crippen LogP contribution in [0.5, 0.6) is 0 Å². The van der Waals surface area contributed by atoms with Crippen LogP contribution in [0.4, 0.5) is 5.69 Å². The molecule has 0 radical (unpaired) electrons. The maximum absolute atomic E-state index is 5.85. The molecule has 11 rings (SSSR count). The number of aryl methyl sites for hydroxylation is 6. The summed E-state index contributed by atoms with van der Waals surface area (Å²) in [5.74, 6) is 1.39. The molecule has 1 aliphatic heterocycles. The minimum absolute atomic E-state index is 0. The van der Waals surface area contributed by atoms with Crippen LogP contribution in [0.25, 0.3) is 55.1 Å². The molecule has 3 aromatic heterocycles. The Balaban J connectivity index is 0.00000458. The van der Waals surface area contributed by atoms with E-state index in [-0.39, 0.29) is 26.6 Å². The summed E-state index contributed by atoms with van der Waals surface area (Å²) >= 11 is 0. The largest absolute Gasteiger partial charge is 2.00 e. The van der Waals surface area contributed by atoms with Crippen molar-refractivity contribution >= 4 is 55.3 Å². The Labute approximate surface area is 379 Å². The summed E-state index contributed by atoms with van der Waals surface area (Å²) in [4.78, 5) is 13.4. The second kappa shape index (κ2) is 14.1. The first-order valence-electron chi connectivity index (χ1n) is 21.7. The molecule has 4 heterocycles. The Morgan fingerprint density at radius 2 is 1.35 bits per heavy atom. The van der Waals surface area contributed by atoms with Crippen molar-refractivity contribution in [2.45, 2.75) is 92.7 Å². The number of pyridine rings is 1. The summed E-state index contributed by atoms with van der Waals surface area (Å²) in [6.07, 6.45) is 2.80. The minimum atomic E-state index is -0.465. The Morgan fingerprint density at radius 1 is 0.645 bits per heavy atom. The van der Waals surface area contributed by atoms with Crippen molar-refractivity contribution in [3.63, 3.8) is 0 Å². The van der Waals surface area contributed by atoms with Crippen LogP contribution < -0.4 is 4.90 Å². The van der Waals surface area contributed by atoms with Crippen molar-refractivity contribution in [3.8, 4) is 11.4 Å². The van der Waals surface area contributed by atoms with E-state index in [1.54, 1.807) is 0 Å². The maximum atomic E-state index is 5.85. The van der Waals surface area contributed by atoms with Crippen molar-refractivity contribution in [1.29, 1.82) is 0 Å². The van der Waals surface area contributed by atoms with E-state index in [0.717, 1.165) is 67.7 Å². The number of benzene rings is 6. The van der Waals surface area contributed by atoms with Gasteiger partial charge in [-0.25, -0.2) is 4.98 Å². The molecule has 0 saturated heterocycles. The molecule has 6 aromatic carbocycles. The molecule has 0 N–H and O–H groups in total. The quantitative estimate of drug-likeness (QED) is 0.161. The van der Waals surface area contributed by atoms with Crippen molar-refractivity contribution in [2.24, 2.45) is 4.99 Å². The van der Waals surface area contributed by atoms with Gasteiger partial charge >= 0.3 is 21.1 Å². The van der Waals surface area contributed by atoms with Crippen molar-refractivity contribution in [2.75, 3.05) is 4.90 Å². The van der Waals surface area contributed by atoms with E-state index < -0.39 is 5.54 Å². The van der Waals surface area contributed by atoms with Crippen molar-refractivity contribution < 1.29 is 21.1 Å². The van der Waals surface area contributed by atoms with Gasteiger partial charge in [-0.05, 0) is 130 Å². The number of amidine groups is 1. The molecule has 0 fully saturated rings. The van der Waals surface area contributed by atoms with Crippen molar-refractivity contribution in [3.05, 3.63) is 177 Å². The van der Waals surface area contributed by atoms with E-state index >= 15 is 0 Å². The first-order valence-corrected chi connectivity index (χ1v) is 21.7. The molecule has 62 heavy (non-hydrogen) atoms. The summed E-state index contributed by atoms with van der Waals surface area (Å²) in [5, 5.41) is 4.71. The van der Waals surface area contributed by atoms with Gasteiger partial charge in [0.1, 0.15) is 5.65 Å². The van der Waals surface area contributed by atoms with Gasteiger partial charge in [0.05, 0.1) is 22.4 Å². The molecule has 0 bridgehead atoms. The Bertz CT molecular complexity index is 3360. The maximum Gasteiger partial charge on any atom is 2.00 e. The normalized spacial score (nSPS) is 18.3. The van der Waals surface area contributed by atoms with E-state index in [2.05, 4.69) is 192 Å². The molecular weight excluding hydrogens is 938 g/mol. The van der Waals surface area contributed by atoms with Crippen LogP contribution in [0.15, 0.2) is 114 Å². The molecule has 0 amide bonds. The number of hydrogen-bond acceptors (Lipinski definition) is 3. The molecule has 0 saturated carbocycles. The summed E-state index contributed by atoms with van der Waals surface area (Å²) in [6, 6.07) is 46.4. The fourth-order valence-electron chi connectivity index (χ4n) is 11.0. The summed E-state index contributed by atoms with van der Waals surface area (Å²) in [5.41, 5.74) is 19.0. The average molecular weight is 989 g/mol. The summed E-state index contributed by atoms with van der Waals surface area (Å²) < 4.78 is 4.67. The zero-order chi connectivity index (χ0) is 42.3. The van der Waals surface area contributed by atoms with E-state index in [4.69, 9.17) is 9.98 Å². The van der Waals surface area contributed by atoms with Crippen LogP contribution in [0.1, 0.15) is 89.2 Å². The van der Waals surface area contributed by atoms with Gasteiger partial charge < -0.3 is 19.0 Å². The fraction of sp³-hybridized carbons (Fsp3) is 0.250. The van der Waals surface area contributed by atoms with E-state index in [1.807, 2.05) is 12.3 Å². The topological polar surface area (TPSA) is 38.4 Å². The second-order valence-corrected chi connectivity index (χ2v) is 18.7. The van der Waals surface area contributed by atoms with Gasteiger partial charge in [-0.3, -0.25) is 0 Å². The van der Waals surface area contributed by atoms with Crippen LogP contribution in [0, 0.1) is 53.7 Å². The molecule has 5 nitrogen and oxygen atoms in total. The number of aliphatic imine (C=N–C) groups is 1. The molecular formula is C56H51N5Pt. The van der Waals surface area contributed by atoms with Crippen LogP contribution in [0.3, 0.4) is 0 Å². The van der Waals surface area contributed by atoms with Crippen LogP contribution in [-0.2, 0) is 33.0 Å². The van der Waals surface area contributed by atoms with Crippen LogP contribution in [0.2, 0.25) is 0 Å². The van der Waals surface area contributed by atoms with Gasteiger partial charge in [0.2, 0.25) is 0 Å². The van der Waals surface area contributed by atoms with Gasteiger partial charge in [-0.2, -0.15) is 6.07 Å². The standard InChI is InChI=1S/C56H51N5.Pt/c1-32(2)39-17-22-48-46(28-39)44-12-11-23-57-54(44)59(48)42-18-19-43-45-27-34(4)14-21-49(45)60(51(43)30-42)50-29-40(16-15-36(50)6)53-58-56(10)47-20-13-33(3)26-41(47)31-55(56,9)61(53)52-37(7)24-35(5)25-38(52)8;/h11-28,32H,31H2,1-10H3;/q-2;+2/t55-,56+;/m0./s1. The number of nitrogens with zero attached hydrogens (tertiary/aromatic N) is 5. The third-order valence-corrected chi connectivity index (χ3v) is 14.1. The Morgan fingerprint density at radius 3 is 2.13 bits per heavy atom. The smallest absolute Gasteiger partial charge is 0.357 e. The van der Waals surface area contributed by atoms with Gasteiger partial charge in [0.25, 0.3) is 0 Å². The molecule has 0 unspecified atom stereocenters. The monoisotopic (exact) mass is 988 g/mol. The number of anilines is 1. The Kier molecular flexibility index (Phi) is 9.18. The molecule has 2 atom stereocenters. The third kappa shape index (κ3) is 5.63. The molecule has 9 aromatic rings. The zero-order valence-electron chi connectivity index (χ0n) is 37.2. The molecule has 0 spiro atoms. The molecule has 1 aliphatic carbocycles. The summed E-state index contributed by atoms with van der Waals surface area (Å²) in [6.45, 7) is 22.6. The van der Waals surface area contributed by atoms with E-state index in [9.17, 15) is 0 Å². The number of rotatable bonds is 5. The molecule has 310 valence electrons. The first-order chi connectivity index (χ1) is 29.3. The van der Waals surface area contributed by atoms with Crippen LogP contribution >= 0.6 is 0 Å². The molecule has 2 aliphatic rings. The van der Waals surface area contributed by atoms with Gasteiger partial charge in [-0.1, -0.05) is 97.2 Å².